The van der Waals surface area contributed by atoms with E-state index in [-0.39, 0.29) is 6.04 Å². The molecule has 0 spiro atoms. The van der Waals surface area contributed by atoms with E-state index >= 15 is 0 Å². The molecular weight excluding hydrogens is 320 g/mol. The van der Waals surface area contributed by atoms with Crippen LogP contribution in [0, 0.1) is 6.92 Å². The minimum Gasteiger partial charge on any atom is -0.355 e. The zero-order chi connectivity index (χ0) is 15.7. The van der Waals surface area contributed by atoms with Crippen molar-refractivity contribution in [3.63, 3.8) is 0 Å². The summed E-state index contributed by atoms with van der Waals surface area (Å²) < 4.78 is 32.5. The third kappa shape index (κ3) is 2.85. The Balaban J connectivity index is 1.91. The van der Waals surface area contributed by atoms with Gasteiger partial charge in [-0.25, -0.2) is 8.42 Å². The Hall–Kier alpha value is -1.18. The highest BCUT2D eigenvalue weighted by Gasteiger charge is 2.31. The molecule has 0 amide bonds. The summed E-state index contributed by atoms with van der Waals surface area (Å²) in [5, 5.41) is 3.68. The van der Waals surface area contributed by atoms with Crippen LogP contribution in [0.2, 0.25) is 0 Å². The molecule has 3 rings (SSSR count). The van der Waals surface area contributed by atoms with Crippen LogP contribution < -0.4 is 0 Å². The second kappa shape index (κ2) is 6.14. The summed E-state index contributed by atoms with van der Waals surface area (Å²) in [5.41, 5.74) is 0. The summed E-state index contributed by atoms with van der Waals surface area (Å²) in [7, 11) is -1.75. The second-order valence-corrected chi connectivity index (χ2v) is 8.94. The first-order valence-electron chi connectivity index (χ1n) is 7.49. The maximum absolute atomic E-state index is 12.9. The van der Waals surface area contributed by atoms with Crippen LogP contribution in [-0.4, -0.2) is 31.0 Å². The summed E-state index contributed by atoms with van der Waals surface area (Å²) >= 11 is 1.42. The van der Waals surface area contributed by atoms with Gasteiger partial charge < -0.3 is 4.52 Å². The predicted molar refractivity (Wildman–Crippen MR) is 86.4 cm³/mol. The average Bonchev–Trinajstić information content (AvgIpc) is 3.16. The largest absolute Gasteiger partial charge is 0.355 e. The molecule has 22 heavy (non-hydrogen) atoms. The Labute approximate surface area is 135 Å². The fourth-order valence-electron chi connectivity index (χ4n) is 2.98. The molecule has 120 valence electrons. The first kappa shape index (κ1) is 15.7. The van der Waals surface area contributed by atoms with E-state index in [1.54, 1.807) is 29.7 Å². The maximum Gasteiger partial charge on any atom is 0.244 e. The van der Waals surface area contributed by atoms with Crippen molar-refractivity contribution in [2.45, 2.75) is 50.0 Å². The molecule has 0 atom stereocenters. The van der Waals surface area contributed by atoms with Gasteiger partial charge in [-0.2, -0.15) is 4.31 Å². The van der Waals surface area contributed by atoms with E-state index < -0.39 is 10.0 Å². The molecule has 0 radical (unpaired) electrons. The van der Waals surface area contributed by atoms with Crippen LogP contribution in [0.4, 0.5) is 0 Å². The van der Waals surface area contributed by atoms with E-state index in [4.69, 9.17) is 4.52 Å². The Morgan fingerprint density at radius 2 is 2.05 bits per heavy atom. The van der Waals surface area contributed by atoms with Gasteiger partial charge in [0.05, 0.1) is 16.0 Å². The van der Waals surface area contributed by atoms with Crippen molar-refractivity contribution in [2.24, 2.45) is 0 Å². The molecule has 1 saturated carbocycles. The van der Waals surface area contributed by atoms with E-state index in [2.05, 4.69) is 5.16 Å². The molecule has 2 heterocycles. The van der Waals surface area contributed by atoms with Gasteiger partial charge in [0.2, 0.25) is 10.0 Å². The molecule has 0 bridgehead atoms. The third-order valence-electron chi connectivity index (χ3n) is 4.30. The highest BCUT2D eigenvalue weighted by atomic mass is 32.2. The quantitative estimate of drug-likeness (QED) is 0.852. The van der Waals surface area contributed by atoms with Gasteiger partial charge in [-0.3, -0.25) is 0 Å². The Morgan fingerprint density at radius 3 is 2.68 bits per heavy atom. The average molecular weight is 340 g/mol. The molecule has 2 aromatic heterocycles. The molecule has 7 heteroatoms. The lowest BCUT2D eigenvalue weighted by molar-refractivity contribution is 0.286. The lowest BCUT2D eigenvalue weighted by Gasteiger charge is -2.30. The number of aryl methyl sites for hydroxylation is 1. The van der Waals surface area contributed by atoms with E-state index in [1.165, 1.54) is 17.8 Å². The van der Waals surface area contributed by atoms with Crippen molar-refractivity contribution in [2.75, 3.05) is 7.05 Å². The molecule has 0 saturated heterocycles. The predicted octanol–water partition coefficient (Wildman–Crippen LogP) is 3.66. The van der Waals surface area contributed by atoms with Crippen molar-refractivity contribution in [1.29, 1.82) is 0 Å². The van der Waals surface area contributed by atoms with Crippen LogP contribution in [-0.2, 0) is 10.0 Å². The number of sulfonamides is 1. The summed E-state index contributed by atoms with van der Waals surface area (Å²) in [6.45, 7) is 1.84. The van der Waals surface area contributed by atoms with Gasteiger partial charge >= 0.3 is 0 Å². The fraction of sp³-hybridized carbons (Fsp3) is 0.533. The topological polar surface area (TPSA) is 63.4 Å². The SMILES string of the molecule is Cc1sc(-c2ccno2)cc1S(=O)(=O)N(C)C1CCCCC1. The smallest absolute Gasteiger partial charge is 0.244 e. The summed E-state index contributed by atoms with van der Waals surface area (Å²) in [6, 6.07) is 3.56. The normalized spacial score (nSPS) is 17.2. The molecule has 2 aromatic rings. The minimum atomic E-state index is -3.46. The lowest BCUT2D eigenvalue weighted by atomic mass is 9.96. The first-order valence-corrected chi connectivity index (χ1v) is 9.75. The van der Waals surface area contributed by atoms with E-state index in [0.29, 0.717) is 10.7 Å². The van der Waals surface area contributed by atoms with Gasteiger partial charge in [0, 0.05) is 24.0 Å². The number of hydrogen-bond donors (Lipinski definition) is 0. The molecule has 0 N–H and O–H groups in total. The number of thiophene rings is 1. The summed E-state index contributed by atoms with van der Waals surface area (Å²) in [4.78, 5) is 1.97. The van der Waals surface area contributed by atoms with E-state index in [9.17, 15) is 8.42 Å². The van der Waals surface area contributed by atoms with Crippen LogP contribution in [0.1, 0.15) is 37.0 Å². The van der Waals surface area contributed by atoms with Crippen molar-refractivity contribution < 1.29 is 12.9 Å². The van der Waals surface area contributed by atoms with Crippen molar-refractivity contribution >= 4 is 21.4 Å². The Bertz CT molecular complexity index is 729. The zero-order valence-electron chi connectivity index (χ0n) is 12.8. The number of nitrogens with zero attached hydrogens (tertiary/aromatic N) is 2. The van der Waals surface area contributed by atoms with Gasteiger partial charge in [0.15, 0.2) is 5.76 Å². The number of hydrogen-bond acceptors (Lipinski definition) is 5. The van der Waals surface area contributed by atoms with Gasteiger partial charge in [-0.1, -0.05) is 24.4 Å². The van der Waals surface area contributed by atoms with Gasteiger partial charge in [0.1, 0.15) is 0 Å². The van der Waals surface area contributed by atoms with Crippen LogP contribution >= 0.6 is 11.3 Å². The standard InChI is InChI=1S/C15H20N2O3S2/c1-11-15(10-14(21-11)13-8-9-16-20-13)22(18,19)17(2)12-6-4-3-5-7-12/h8-10,12H,3-7H2,1-2H3. The van der Waals surface area contributed by atoms with Crippen LogP contribution in [0.25, 0.3) is 10.6 Å². The second-order valence-electron chi connectivity index (χ2n) is 5.72. The molecule has 0 aliphatic heterocycles. The van der Waals surface area contributed by atoms with E-state index in [0.717, 1.165) is 35.4 Å². The summed E-state index contributed by atoms with van der Waals surface area (Å²) in [5.74, 6) is 0.606. The molecule has 1 aliphatic rings. The van der Waals surface area contributed by atoms with Crippen molar-refractivity contribution in [1.82, 2.24) is 9.46 Å². The zero-order valence-corrected chi connectivity index (χ0v) is 14.4. The Morgan fingerprint density at radius 1 is 1.32 bits per heavy atom. The van der Waals surface area contributed by atoms with Gasteiger partial charge in [0.25, 0.3) is 0 Å². The van der Waals surface area contributed by atoms with Crippen molar-refractivity contribution in [3.8, 4) is 10.6 Å². The van der Waals surface area contributed by atoms with Crippen LogP contribution in [0.3, 0.4) is 0 Å². The Kier molecular flexibility index (Phi) is 4.38. The molecule has 5 nitrogen and oxygen atoms in total. The van der Waals surface area contributed by atoms with Gasteiger partial charge in [-0.15, -0.1) is 11.3 Å². The molecule has 1 aliphatic carbocycles. The maximum atomic E-state index is 12.9. The molecule has 0 unspecified atom stereocenters. The molecular formula is C15H20N2O3S2. The highest BCUT2D eigenvalue weighted by Crippen LogP contribution is 2.36. The first-order chi connectivity index (χ1) is 10.5. The van der Waals surface area contributed by atoms with Crippen LogP contribution in [0.15, 0.2) is 27.7 Å². The molecule has 1 fully saturated rings. The van der Waals surface area contributed by atoms with E-state index in [1.807, 2.05) is 6.92 Å². The number of rotatable bonds is 4. The highest BCUT2D eigenvalue weighted by molar-refractivity contribution is 7.89. The molecule has 0 aromatic carbocycles. The third-order valence-corrected chi connectivity index (χ3v) is 7.53. The monoisotopic (exact) mass is 340 g/mol. The lowest BCUT2D eigenvalue weighted by Crippen LogP contribution is -2.38. The summed E-state index contributed by atoms with van der Waals surface area (Å²) in [6.07, 6.45) is 6.89. The van der Waals surface area contributed by atoms with Gasteiger partial charge in [-0.05, 0) is 25.8 Å². The minimum absolute atomic E-state index is 0.117. The fourth-order valence-corrected chi connectivity index (χ4v) is 5.91. The number of aromatic nitrogens is 1. The van der Waals surface area contributed by atoms with Crippen molar-refractivity contribution in [3.05, 3.63) is 23.2 Å². The van der Waals surface area contributed by atoms with Crippen LogP contribution in [0.5, 0.6) is 0 Å².